The maximum absolute atomic E-state index is 12.4. The number of Topliss-reactive ketones (excluding diaryl/α,β-unsaturated/α-hetero) is 1. The van der Waals surface area contributed by atoms with E-state index >= 15 is 0 Å². The largest absolute Gasteiger partial charge is 0.493 e. The molecule has 1 heterocycles. The first-order chi connectivity index (χ1) is 13.8. The van der Waals surface area contributed by atoms with Crippen LogP contribution in [0.15, 0.2) is 36.4 Å². The third-order valence-electron chi connectivity index (χ3n) is 4.58. The SMILES string of the molecule is COc1cc(C(=O)COC(=O)c2ccc3[nH]c(C)c(C)c3c2)ccc1OC(F)F. The van der Waals surface area contributed by atoms with Crippen LogP contribution in [0.25, 0.3) is 10.9 Å². The summed E-state index contributed by atoms with van der Waals surface area (Å²) in [7, 11) is 1.27. The van der Waals surface area contributed by atoms with Crippen LogP contribution < -0.4 is 9.47 Å². The summed E-state index contributed by atoms with van der Waals surface area (Å²) in [4.78, 5) is 27.9. The van der Waals surface area contributed by atoms with Crippen LogP contribution in [0.5, 0.6) is 11.5 Å². The zero-order valence-corrected chi connectivity index (χ0v) is 16.0. The summed E-state index contributed by atoms with van der Waals surface area (Å²) in [6.07, 6.45) is 0. The summed E-state index contributed by atoms with van der Waals surface area (Å²) in [5, 5.41) is 0.905. The van der Waals surface area contributed by atoms with E-state index in [9.17, 15) is 18.4 Å². The van der Waals surface area contributed by atoms with Gasteiger partial charge in [-0.2, -0.15) is 8.78 Å². The van der Waals surface area contributed by atoms with Gasteiger partial charge in [0, 0.05) is 22.2 Å². The van der Waals surface area contributed by atoms with Gasteiger partial charge < -0.3 is 19.2 Å². The molecule has 0 aliphatic heterocycles. The minimum atomic E-state index is -3.02. The molecule has 0 fully saturated rings. The van der Waals surface area contributed by atoms with E-state index in [-0.39, 0.29) is 17.1 Å². The molecule has 1 N–H and O–H groups in total. The maximum Gasteiger partial charge on any atom is 0.387 e. The Bertz CT molecular complexity index is 1070. The van der Waals surface area contributed by atoms with Crippen molar-refractivity contribution in [3.8, 4) is 11.5 Å². The molecular formula is C21H19F2NO5. The lowest BCUT2D eigenvalue weighted by atomic mass is 10.1. The van der Waals surface area contributed by atoms with Crippen molar-refractivity contribution in [3.63, 3.8) is 0 Å². The van der Waals surface area contributed by atoms with Gasteiger partial charge in [0.25, 0.3) is 0 Å². The van der Waals surface area contributed by atoms with Crippen LogP contribution in [0.4, 0.5) is 8.78 Å². The average molecular weight is 403 g/mol. The van der Waals surface area contributed by atoms with Crippen LogP contribution in [0.1, 0.15) is 32.0 Å². The van der Waals surface area contributed by atoms with Crippen molar-refractivity contribution < 1.29 is 32.6 Å². The summed E-state index contributed by atoms with van der Waals surface area (Å²) in [6.45, 7) is 0.371. The molecule has 2 aromatic carbocycles. The van der Waals surface area contributed by atoms with E-state index in [1.807, 2.05) is 13.8 Å². The van der Waals surface area contributed by atoms with Crippen LogP contribution in [0, 0.1) is 13.8 Å². The van der Waals surface area contributed by atoms with Gasteiger partial charge in [-0.1, -0.05) is 0 Å². The standard InChI is InChI=1S/C21H19F2NO5/c1-11-12(2)24-16-6-4-14(8-15(11)16)20(26)28-10-17(25)13-5-7-18(29-21(22)23)19(9-13)27-3/h4-9,21,24H,10H2,1-3H3. The molecule has 0 atom stereocenters. The van der Waals surface area contributed by atoms with Crippen molar-refractivity contribution in [2.24, 2.45) is 0 Å². The van der Waals surface area contributed by atoms with E-state index in [2.05, 4.69) is 9.72 Å². The van der Waals surface area contributed by atoms with Gasteiger partial charge in [0.2, 0.25) is 0 Å². The number of carbonyl (C=O) groups is 2. The summed E-state index contributed by atoms with van der Waals surface area (Å²) in [6, 6.07) is 8.86. The van der Waals surface area contributed by atoms with E-state index in [0.29, 0.717) is 5.56 Å². The van der Waals surface area contributed by atoms with Gasteiger partial charge >= 0.3 is 12.6 Å². The molecule has 0 radical (unpaired) electrons. The smallest absolute Gasteiger partial charge is 0.387 e. The summed E-state index contributed by atoms with van der Waals surface area (Å²) in [5.74, 6) is -1.36. The number of hydrogen-bond acceptors (Lipinski definition) is 5. The van der Waals surface area contributed by atoms with Crippen LogP contribution in [-0.4, -0.2) is 37.1 Å². The van der Waals surface area contributed by atoms with Crippen molar-refractivity contribution in [1.82, 2.24) is 4.98 Å². The maximum atomic E-state index is 12.4. The highest BCUT2D eigenvalue weighted by Crippen LogP contribution is 2.29. The number of hydrogen-bond donors (Lipinski definition) is 1. The first kappa shape index (κ1) is 20.3. The Hall–Kier alpha value is -3.42. The van der Waals surface area contributed by atoms with E-state index in [1.54, 1.807) is 18.2 Å². The molecule has 29 heavy (non-hydrogen) atoms. The Morgan fingerprint density at radius 2 is 1.76 bits per heavy atom. The third-order valence-corrected chi connectivity index (χ3v) is 4.58. The molecule has 0 saturated heterocycles. The summed E-state index contributed by atoms with van der Waals surface area (Å²) in [5.41, 5.74) is 3.41. The number of aryl methyl sites for hydroxylation is 2. The minimum Gasteiger partial charge on any atom is -0.493 e. The molecule has 0 bridgehead atoms. The number of carbonyl (C=O) groups excluding carboxylic acids is 2. The topological polar surface area (TPSA) is 77.6 Å². The molecule has 0 spiro atoms. The number of benzene rings is 2. The van der Waals surface area contributed by atoms with Crippen LogP contribution >= 0.6 is 0 Å². The first-order valence-electron chi connectivity index (χ1n) is 8.72. The number of ketones is 1. The number of methoxy groups -OCH3 is 1. The van der Waals surface area contributed by atoms with E-state index < -0.39 is 25.0 Å². The number of alkyl halides is 2. The monoisotopic (exact) mass is 403 g/mol. The van der Waals surface area contributed by atoms with Crippen molar-refractivity contribution in [1.29, 1.82) is 0 Å². The van der Waals surface area contributed by atoms with Crippen molar-refractivity contribution in [2.75, 3.05) is 13.7 Å². The van der Waals surface area contributed by atoms with Gasteiger partial charge in [-0.15, -0.1) is 0 Å². The lowest BCUT2D eigenvalue weighted by molar-refractivity contribution is -0.0512. The van der Waals surface area contributed by atoms with E-state index in [0.717, 1.165) is 22.2 Å². The van der Waals surface area contributed by atoms with Gasteiger partial charge in [0.1, 0.15) is 0 Å². The van der Waals surface area contributed by atoms with Crippen LogP contribution in [0.3, 0.4) is 0 Å². The number of ether oxygens (including phenoxy) is 3. The molecular weight excluding hydrogens is 384 g/mol. The van der Waals surface area contributed by atoms with Crippen molar-refractivity contribution in [3.05, 3.63) is 58.8 Å². The van der Waals surface area contributed by atoms with E-state index in [1.165, 1.54) is 25.3 Å². The van der Waals surface area contributed by atoms with Gasteiger partial charge in [-0.05, 0) is 55.8 Å². The highest BCUT2D eigenvalue weighted by atomic mass is 19.3. The molecule has 8 heteroatoms. The second-order valence-corrected chi connectivity index (χ2v) is 6.38. The summed E-state index contributed by atoms with van der Waals surface area (Å²) >= 11 is 0. The fraction of sp³-hybridized carbons (Fsp3) is 0.238. The Kier molecular flexibility index (Phi) is 5.81. The fourth-order valence-electron chi connectivity index (χ4n) is 2.92. The molecule has 1 aromatic heterocycles. The van der Waals surface area contributed by atoms with Gasteiger partial charge in [0.05, 0.1) is 12.7 Å². The Morgan fingerprint density at radius 3 is 2.45 bits per heavy atom. The highest BCUT2D eigenvalue weighted by molar-refractivity contribution is 6.01. The third kappa shape index (κ3) is 4.37. The van der Waals surface area contributed by atoms with Crippen molar-refractivity contribution >= 4 is 22.7 Å². The molecule has 6 nitrogen and oxygen atoms in total. The average Bonchev–Trinajstić information content (AvgIpc) is 2.99. The number of rotatable bonds is 7. The lowest BCUT2D eigenvalue weighted by Gasteiger charge is -2.11. The number of aromatic amines is 1. The Morgan fingerprint density at radius 1 is 1.03 bits per heavy atom. The number of halogens is 2. The minimum absolute atomic E-state index is 0.0220. The molecule has 0 aliphatic rings. The zero-order chi connectivity index (χ0) is 21.1. The van der Waals surface area contributed by atoms with E-state index in [4.69, 9.17) is 9.47 Å². The summed E-state index contributed by atoms with van der Waals surface area (Å²) < 4.78 is 39.2. The number of fused-ring (bicyclic) bond motifs is 1. The molecule has 0 aliphatic carbocycles. The molecule has 3 aromatic rings. The quantitative estimate of drug-likeness (QED) is 0.466. The first-order valence-corrected chi connectivity index (χ1v) is 8.72. The predicted molar refractivity (Wildman–Crippen MR) is 102 cm³/mol. The van der Waals surface area contributed by atoms with Gasteiger partial charge in [-0.25, -0.2) is 4.79 Å². The Balaban J connectivity index is 1.70. The number of H-pyrrole nitrogens is 1. The highest BCUT2D eigenvalue weighted by Gasteiger charge is 2.17. The Labute approximate surface area is 165 Å². The zero-order valence-electron chi connectivity index (χ0n) is 16.0. The van der Waals surface area contributed by atoms with Crippen LogP contribution in [-0.2, 0) is 4.74 Å². The van der Waals surface area contributed by atoms with Gasteiger partial charge in [-0.3, -0.25) is 4.79 Å². The second-order valence-electron chi connectivity index (χ2n) is 6.38. The molecule has 152 valence electrons. The molecule has 3 rings (SSSR count). The second kappa shape index (κ2) is 8.30. The predicted octanol–water partition coefficient (Wildman–Crippen LogP) is 4.43. The fourth-order valence-corrected chi connectivity index (χ4v) is 2.92. The number of esters is 1. The molecule has 0 unspecified atom stereocenters. The number of aromatic nitrogens is 1. The molecule has 0 saturated carbocycles. The van der Waals surface area contributed by atoms with Gasteiger partial charge in [0.15, 0.2) is 23.9 Å². The number of nitrogens with one attached hydrogen (secondary N) is 1. The van der Waals surface area contributed by atoms with Crippen molar-refractivity contribution in [2.45, 2.75) is 20.5 Å². The molecule has 0 amide bonds. The van der Waals surface area contributed by atoms with Crippen LogP contribution in [0.2, 0.25) is 0 Å². The normalized spacial score (nSPS) is 11.0. The lowest BCUT2D eigenvalue weighted by Crippen LogP contribution is -2.14.